The molecule has 2 rings (SSSR count). The van der Waals surface area contributed by atoms with Crippen molar-refractivity contribution in [2.75, 3.05) is 26.3 Å². The molecule has 0 unspecified atom stereocenters. The number of nitrogens with zero attached hydrogens (tertiary/aromatic N) is 1. The second-order valence-corrected chi connectivity index (χ2v) is 4.06. The van der Waals surface area contributed by atoms with Gasteiger partial charge < -0.3 is 4.74 Å². The van der Waals surface area contributed by atoms with Crippen LogP contribution < -0.4 is 0 Å². The normalized spacial score (nSPS) is 45.8. The molecule has 2 aliphatic rings. The molecule has 0 aromatic carbocycles. The van der Waals surface area contributed by atoms with E-state index >= 15 is 0 Å². The molecular formula is C9H17NO. The summed E-state index contributed by atoms with van der Waals surface area (Å²) in [7, 11) is 0. The number of ether oxygens (including phenoxy) is 1. The molecule has 2 nitrogen and oxygen atoms in total. The minimum absolute atomic E-state index is 0.532. The van der Waals surface area contributed by atoms with Gasteiger partial charge in [0.25, 0.3) is 0 Å². The van der Waals surface area contributed by atoms with Crippen molar-refractivity contribution < 1.29 is 4.74 Å². The zero-order valence-electron chi connectivity index (χ0n) is 7.47. The van der Waals surface area contributed by atoms with Gasteiger partial charge >= 0.3 is 0 Å². The lowest BCUT2D eigenvalue weighted by molar-refractivity contribution is 0.0105. The van der Waals surface area contributed by atoms with Gasteiger partial charge in [-0.3, -0.25) is 4.90 Å². The summed E-state index contributed by atoms with van der Waals surface area (Å²) in [6.07, 6.45) is 1.38. The van der Waals surface area contributed by atoms with Crippen LogP contribution in [0.15, 0.2) is 0 Å². The van der Waals surface area contributed by atoms with Gasteiger partial charge in [-0.25, -0.2) is 0 Å². The molecule has 0 aromatic rings. The summed E-state index contributed by atoms with van der Waals surface area (Å²) >= 11 is 0. The number of hydrogen-bond donors (Lipinski definition) is 0. The lowest BCUT2D eigenvalue weighted by Crippen LogP contribution is -2.44. The van der Waals surface area contributed by atoms with E-state index in [0.717, 1.165) is 32.2 Å². The van der Waals surface area contributed by atoms with E-state index in [1.54, 1.807) is 0 Å². The lowest BCUT2D eigenvalue weighted by Gasteiger charge is -2.33. The minimum atomic E-state index is 0.532. The zero-order valence-corrected chi connectivity index (χ0v) is 7.47. The first-order valence-corrected chi connectivity index (χ1v) is 4.56. The predicted octanol–water partition coefficient (Wildman–Crippen LogP) is 1.12. The maximum Gasteiger partial charge on any atom is 0.0594 e. The smallest absolute Gasteiger partial charge is 0.0594 e. The third kappa shape index (κ3) is 1.18. The minimum Gasteiger partial charge on any atom is -0.379 e. The number of morpholine rings is 1. The van der Waals surface area contributed by atoms with Crippen molar-refractivity contribution in [2.24, 2.45) is 5.92 Å². The molecule has 1 aliphatic carbocycles. The second-order valence-electron chi connectivity index (χ2n) is 4.06. The van der Waals surface area contributed by atoms with E-state index in [4.69, 9.17) is 4.74 Å². The van der Waals surface area contributed by atoms with Gasteiger partial charge in [-0.2, -0.15) is 0 Å². The fourth-order valence-electron chi connectivity index (χ4n) is 2.08. The Bertz CT molecular complexity index is 154. The summed E-state index contributed by atoms with van der Waals surface area (Å²) in [6.45, 7) is 8.87. The van der Waals surface area contributed by atoms with Crippen LogP contribution in [0.5, 0.6) is 0 Å². The molecule has 1 aliphatic heterocycles. The predicted molar refractivity (Wildman–Crippen MR) is 44.6 cm³/mol. The highest BCUT2D eigenvalue weighted by molar-refractivity contribution is 5.06. The van der Waals surface area contributed by atoms with Crippen LogP contribution in [0, 0.1) is 5.92 Å². The van der Waals surface area contributed by atoms with Gasteiger partial charge in [0.15, 0.2) is 0 Å². The maximum absolute atomic E-state index is 5.32. The number of hydrogen-bond acceptors (Lipinski definition) is 2. The summed E-state index contributed by atoms with van der Waals surface area (Å²) in [5.41, 5.74) is 0.532. The Morgan fingerprint density at radius 3 is 2.36 bits per heavy atom. The first-order valence-electron chi connectivity index (χ1n) is 4.56. The van der Waals surface area contributed by atoms with E-state index in [0.29, 0.717) is 5.54 Å². The molecule has 0 aromatic heterocycles. The van der Waals surface area contributed by atoms with Crippen LogP contribution in [0.3, 0.4) is 0 Å². The van der Waals surface area contributed by atoms with Crippen LogP contribution in [-0.2, 0) is 4.74 Å². The monoisotopic (exact) mass is 155 g/mol. The lowest BCUT2D eigenvalue weighted by atomic mass is 10.2. The Labute approximate surface area is 68.5 Å². The van der Waals surface area contributed by atoms with Gasteiger partial charge in [-0.05, 0) is 19.3 Å². The first-order chi connectivity index (χ1) is 5.23. The van der Waals surface area contributed by atoms with Gasteiger partial charge in [0.1, 0.15) is 0 Å². The summed E-state index contributed by atoms with van der Waals surface area (Å²) < 4.78 is 5.32. The molecule has 0 bridgehead atoms. The van der Waals surface area contributed by atoms with E-state index in [2.05, 4.69) is 18.7 Å². The maximum atomic E-state index is 5.32. The Hall–Kier alpha value is -0.0800. The Kier molecular flexibility index (Phi) is 1.69. The van der Waals surface area contributed by atoms with Gasteiger partial charge in [-0.1, -0.05) is 6.92 Å². The van der Waals surface area contributed by atoms with Crippen molar-refractivity contribution >= 4 is 0 Å². The molecule has 1 saturated carbocycles. The summed E-state index contributed by atoms with van der Waals surface area (Å²) in [6, 6.07) is 0. The quantitative estimate of drug-likeness (QED) is 0.562. The highest BCUT2D eigenvalue weighted by atomic mass is 16.5. The summed E-state index contributed by atoms with van der Waals surface area (Å²) in [5.74, 6) is 0.903. The Balaban J connectivity index is 1.94. The average Bonchev–Trinajstić information content (AvgIpc) is 2.64. The third-order valence-corrected chi connectivity index (χ3v) is 3.35. The van der Waals surface area contributed by atoms with Crippen molar-refractivity contribution in [2.45, 2.75) is 25.8 Å². The molecule has 2 fully saturated rings. The molecule has 0 radical (unpaired) electrons. The van der Waals surface area contributed by atoms with Gasteiger partial charge in [0.2, 0.25) is 0 Å². The van der Waals surface area contributed by atoms with Crippen LogP contribution in [0.1, 0.15) is 20.3 Å². The average molecular weight is 155 g/mol. The number of rotatable bonds is 1. The van der Waals surface area contributed by atoms with Crippen molar-refractivity contribution in [1.82, 2.24) is 4.90 Å². The fraction of sp³-hybridized carbons (Fsp3) is 1.00. The Morgan fingerprint density at radius 1 is 1.36 bits per heavy atom. The topological polar surface area (TPSA) is 12.5 Å². The van der Waals surface area contributed by atoms with E-state index in [1.807, 2.05) is 0 Å². The van der Waals surface area contributed by atoms with Crippen molar-refractivity contribution in [3.63, 3.8) is 0 Å². The van der Waals surface area contributed by atoms with Gasteiger partial charge in [-0.15, -0.1) is 0 Å². The summed E-state index contributed by atoms with van der Waals surface area (Å²) in [5, 5.41) is 0. The molecule has 2 atom stereocenters. The standard InChI is InChI=1S/C9H17NO/c1-8-7-9(8,2)10-3-5-11-6-4-10/h8H,3-7H2,1-2H3/t8-,9+/m1/s1. The van der Waals surface area contributed by atoms with Crippen molar-refractivity contribution in [1.29, 1.82) is 0 Å². The van der Waals surface area contributed by atoms with E-state index in [-0.39, 0.29) is 0 Å². The second kappa shape index (κ2) is 2.46. The van der Waals surface area contributed by atoms with Crippen LogP contribution in [-0.4, -0.2) is 36.7 Å². The first kappa shape index (κ1) is 7.56. The third-order valence-electron chi connectivity index (χ3n) is 3.35. The highest BCUT2D eigenvalue weighted by Gasteiger charge is 2.51. The molecule has 0 spiro atoms. The van der Waals surface area contributed by atoms with Crippen molar-refractivity contribution in [3.8, 4) is 0 Å². The molecule has 0 N–H and O–H groups in total. The van der Waals surface area contributed by atoms with Gasteiger partial charge in [0, 0.05) is 18.6 Å². The van der Waals surface area contributed by atoms with E-state index < -0.39 is 0 Å². The van der Waals surface area contributed by atoms with Gasteiger partial charge in [0.05, 0.1) is 13.2 Å². The van der Waals surface area contributed by atoms with Crippen LogP contribution in [0.25, 0.3) is 0 Å². The largest absolute Gasteiger partial charge is 0.379 e. The molecule has 1 heterocycles. The molecule has 2 heteroatoms. The van der Waals surface area contributed by atoms with Crippen LogP contribution >= 0.6 is 0 Å². The van der Waals surface area contributed by atoms with Crippen molar-refractivity contribution in [3.05, 3.63) is 0 Å². The van der Waals surface area contributed by atoms with E-state index in [9.17, 15) is 0 Å². The molecule has 1 saturated heterocycles. The molecule has 11 heavy (non-hydrogen) atoms. The van der Waals surface area contributed by atoms with Crippen LogP contribution in [0.4, 0.5) is 0 Å². The van der Waals surface area contributed by atoms with Crippen LogP contribution in [0.2, 0.25) is 0 Å². The molecule has 0 amide bonds. The SMILES string of the molecule is C[C@@H]1C[C@]1(C)N1CCOCC1. The zero-order chi connectivity index (χ0) is 7.90. The fourth-order valence-corrected chi connectivity index (χ4v) is 2.08. The summed E-state index contributed by atoms with van der Waals surface area (Å²) in [4.78, 5) is 2.58. The Morgan fingerprint density at radius 2 is 1.91 bits per heavy atom. The van der Waals surface area contributed by atoms with E-state index in [1.165, 1.54) is 6.42 Å². The molecule has 64 valence electrons. The highest BCUT2D eigenvalue weighted by Crippen LogP contribution is 2.47. The molecular weight excluding hydrogens is 138 g/mol.